The van der Waals surface area contributed by atoms with Gasteiger partial charge in [0.05, 0.1) is 6.41 Å². The Balaban J connectivity index is 5.41. The Labute approximate surface area is 107 Å². The second kappa shape index (κ2) is 5.94. The van der Waals surface area contributed by atoms with Crippen molar-refractivity contribution in [3.63, 3.8) is 0 Å². The first-order valence-corrected chi connectivity index (χ1v) is 14.1. The van der Waals surface area contributed by atoms with E-state index in [1.807, 2.05) is 33.6 Å². The highest BCUT2D eigenvalue weighted by Gasteiger charge is 2.19. The minimum atomic E-state index is -2.22. The molecule has 3 nitrogen and oxygen atoms in total. The molecule has 2 unspecified atom stereocenters. The molecule has 9 heteroatoms. The van der Waals surface area contributed by atoms with E-state index in [0.29, 0.717) is 0 Å². The summed E-state index contributed by atoms with van der Waals surface area (Å²) >= 11 is 18.6. The van der Waals surface area contributed by atoms with Crippen LogP contribution in [0.2, 0.25) is 0 Å². The first-order valence-electron chi connectivity index (χ1n) is 4.38. The van der Waals surface area contributed by atoms with Gasteiger partial charge in [0.2, 0.25) is 0 Å². The summed E-state index contributed by atoms with van der Waals surface area (Å²) in [6, 6.07) is 0. The Hall–Kier alpha value is 1.56. The molecule has 0 aliphatic carbocycles. The zero-order valence-electron chi connectivity index (χ0n) is 9.58. The fourth-order valence-corrected chi connectivity index (χ4v) is 14.0. The monoisotopic (exact) mass is 330 g/mol. The van der Waals surface area contributed by atoms with E-state index >= 15 is 0 Å². The van der Waals surface area contributed by atoms with Crippen LogP contribution in [0.4, 0.5) is 0 Å². The summed E-state index contributed by atoms with van der Waals surface area (Å²) in [6.07, 6.45) is -1.79. The predicted molar refractivity (Wildman–Crippen MR) is 78.4 cm³/mol. The standard InChI is InChI=1S/C6H17Cl3N3P3/c1-6-10-14(4,8)12-15(5,9)11-13(2,3)7/h6H2,1-5H3/p+1. The largest absolute Gasteiger partial charge is 0.293 e. The van der Waals surface area contributed by atoms with Crippen molar-refractivity contribution >= 4 is 53.2 Å². The van der Waals surface area contributed by atoms with Gasteiger partial charge in [-0.05, 0) is 31.5 Å². The van der Waals surface area contributed by atoms with Gasteiger partial charge in [-0.15, -0.1) is 0 Å². The third kappa shape index (κ3) is 9.28. The number of halogens is 3. The number of nitrogens with zero attached hydrogens (tertiary/aromatic N) is 2. The van der Waals surface area contributed by atoms with E-state index in [1.165, 1.54) is 0 Å². The van der Waals surface area contributed by atoms with Crippen molar-refractivity contribution in [3.8, 4) is 0 Å². The summed E-state index contributed by atoms with van der Waals surface area (Å²) in [5, 5.41) is 0. The molecule has 0 amide bonds. The number of nitrogens with one attached hydrogen (secondary N) is 1. The Morgan fingerprint density at radius 1 is 1.00 bits per heavy atom. The lowest BCUT2D eigenvalue weighted by Gasteiger charge is -2.11. The van der Waals surface area contributed by atoms with E-state index in [2.05, 4.69) is 13.8 Å². The summed E-state index contributed by atoms with van der Waals surface area (Å²) in [5.41, 5.74) is 0. The van der Waals surface area contributed by atoms with Crippen molar-refractivity contribution in [1.29, 1.82) is 0 Å². The summed E-state index contributed by atoms with van der Waals surface area (Å²) in [5.74, 6) is 0. The maximum Gasteiger partial charge on any atom is 0.293 e. The van der Waals surface area contributed by atoms with E-state index < -0.39 is 19.5 Å². The molecule has 0 aliphatic heterocycles. The second-order valence-corrected chi connectivity index (χ2v) is 17.6. The Morgan fingerprint density at radius 3 is 1.80 bits per heavy atom. The van der Waals surface area contributed by atoms with Gasteiger partial charge in [-0.3, -0.25) is 0 Å². The van der Waals surface area contributed by atoms with Crippen molar-refractivity contribution in [2.45, 2.75) is 6.92 Å². The van der Waals surface area contributed by atoms with Crippen molar-refractivity contribution < 1.29 is 4.74 Å². The van der Waals surface area contributed by atoms with Crippen LogP contribution < -0.4 is 4.74 Å². The van der Waals surface area contributed by atoms with Gasteiger partial charge >= 0.3 is 0 Å². The van der Waals surface area contributed by atoms with E-state index in [1.54, 1.807) is 0 Å². The first kappa shape index (κ1) is 16.6. The van der Waals surface area contributed by atoms with Crippen molar-refractivity contribution in [3.05, 3.63) is 0 Å². The van der Waals surface area contributed by atoms with Crippen LogP contribution in [0.1, 0.15) is 6.92 Å². The Bertz CT molecular complexity index is 364. The molecule has 0 radical (unpaired) electrons. The van der Waals surface area contributed by atoms with E-state index in [0.717, 1.165) is 6.54 Å². The maximum absolute atomic E-state index is 6.27. The van der Waals surface area contributed by atoms with Crippen LogP contribution in [0.15, 0.2) is 9.03 Å². The van der Waals surface area contributed by atoms with Gasteiger partial charge < -0.3 is 0 Å². The highest BCUT2D eigenvalue weighted by atomic mass is 35.7. The van der Waals surface area contributed by atoms with Crippen LogP contribution in [-0.4, -0.2) is 33.2 Å². The maximum atomic E-state index is 6.27. The lowest BCUT2D eigenvalue weighted by Crippen LogP contribution is -2.64. The quantitative estimate of drug-likeness (QED) is 0.740. The van der Waals surface area contributed by atoms with Gasteiger partial charge in [0.25, 0.3) is 6.56 Å². The molecule has 0 heterocycles. The van der Waals surface area contributed by atoms with Gasteiger partial charge in [-0.25, -0.2) is 9.26 Å². The topological polar surface area (TPSA) is 38.7 Å². The van der Waals surface area contributed by atoms with Crippen molar-refractivity contribution in [2.75, 3.05) is 33.2 Å². The lowest BCUT2D eigenvalue weighted by atomic mass is 10.8. The summed E-state index contributed by atoms with van der Waals surface area (Å²) in [4.78, 5) is 0. The number of rotatable bonds is 3. The normalized spacial score (nSPS) is 20.0. The molecule has 0 saturated heterocycles. The number of hydrogen-bond donors (Lipinski definition) is 1. The average Bonchev–Trinajstić information content (AvgIpc) is 1.74. The Kier molecular flexibility index (Phi) is 6.56. The zero-order chi connectivity index (χ0) is 12.3. The van der Waals surface area contributed by atoms with Crippen LogP contribution in [0, 0.1) is 0 Å². The molecule has 0 saturated carbocycles. The van der Waals surface area contributed by atoms with Gasteiger partial charge in [0, 0.05) is 13.3 Å². The molecular formula is C6H18Cl3N3P3+. The lowest BCUT2D eigenvalue weighted by molar-refractivity contribution is -0.428. The molecule has 0 aromatic carbocycles. The molecule has 0 aromatic rings. The van der Waals surface area contributed by atoms with Crippen molar-refractivity contribution in [2.24, 2.45) is 9.03 Å². The molecule has 1 N–H and O–H groups in total. The molecule has 0 aromatic heterocycles. The van der Waals surface area contributed by atoms with Crippen LogP contribution in [-0.2, 0) is 0 Å². The first-order chi connectivity index (χ1) is 6.47. The van der Waals surface area contributed by atoms with Crippen LogP contribution in [0.5, 0.6) is 0 Å². The van der Waals surface area contributed by atoms with Crippen LogP contribution in [0.25, 0.3) is 0 Å². The summed E-state index contributed by atoms with van der Waals surface area (Å²) in [7, 11) is 0. The smallest absolute Gasteiger partial charge is 0.243 e. The zero-order valence-corrected chi connectivity index (χ0v) is 14.5. The van der Waals surface area contributed by atoms with E-state index in [-0.39, 0.29) is 0 Å². The molecule has 0 bridgehead atoms. The third-order valence-electron chi connectivity index (χ3n) is 1.15. The molecule has 2 atom stereocenters. The van der Waals surface area contributed by atoms with E-state index in [9.17, 15) is 0 Å². The average molecular weight is 332 g/mol. The molecule has 15 heavy (non-hydrogen) atoms. The summed E-state index contributed by atoms with van der Waals surface area (Å²) < 4.78 is 12.0. The molecule has 92 valence electrons. The molecule has 0 rings (SSSR count). The fraction of sp³-hybridized carbons (Fsp3) is 1.00. The minimum absolute atomic E-state index is 0.771. The number of hydrogen-bond acceptors (Lipinski definition) is 0. The van der Waals surface area contributed by atoms with Crippen molar-refractivity contribution in [1.82, 2.24) is 0 Å². The Morgan fingerprint density at radius 2 is 1.47 bits per heavy atom. The second-order valence-electron chi connectivity index (χ2n) is 3.61. The minimum Gasteiger partial charge on any atom is -0.243 e. The highest BCUT2D eigenvalue weighted by Crippen LogP contribution is 2.69. The molecule has 0 aliphatic rings. The van der Waals surface area contributed by atoms with E-state index in [4.69, 9.17) is 33.7 Å². The van der Waals surface area contributed by atoms with Crippen LogP contribution in [0.3, 0.4) is 0 Å². The SMILES string of the molecule is CC[NH+]=P(C)(Cl)N=P(C)(Cl)N=P(C)(C)Cl. The third-order valence-corrected chi connectivity index (χ3v) is 10.5. The van der Waals surface area contributed by atoms with Crippen LogP contribution >= 0.6 is 53.2 Å². The van der Waals surface area contributed by atoms with Gasteiger partial charge in [-0.2, -0.15) is 4.52 Å². The molecule has 0 spiro atoms. The van der Waals surface area contributed by atoms with Gasteiger partial charge in [0.1, 0.15) is 6.54 Å². The highest BCUT2D eigenvalue weighted by molar-refractivity contribution is 8.02. The van der Waals surface area contributed by atoms with Gasteiger partial charge in [-0.1, -0.05) is 22.5 Å². The predicted octanol–water partition coefficient (Wildman–Crippen LogP) is 4.50. The summed E-state index contributed by atoms with van der Waals surface area (Å²) in [6.45, 7) is 5.98. The molecule has 0 fully saturated rings. The van der Waals surface area contributed by atoms with Gasteiger partial charge in [0.15, 0.2) is 6.56 Å². The molecular weight excluding hydrogens is 313 g/mol. The fourth-order valence-electron chi connectivity index (χ4n) is 1.03.